The first kappa shape index (κ1) is 7.35. The van der Waals surface area contributed by atoms with Gasteiger partial charge in [0.05, 0.1) is 0 Å². The van der Waals surface area contributed by atoms with E-state index in [0.29, 0.717) is 0 Å². The van der Waals surface area contributed by atoms with Gasteiger partial charge in [0.2, 0.25) is 0 Å². The molecule has 0 atom stereocenters. The van der Waals surface area contributed by atoms with E-state index in [9.17, 15) is 0 Å². The van der Waals surface area contributed by atoms with Crippen molar-refractivity contribution in [2.45, 2.75) is 6.92 Å². The molecule has 10 heavy (non-hydrogen) atoms. The zero-order valence-electron chi connectivity index (χ0n) is 6.52. The molecule has 0 saturated carbocycles. The van der Waals surface area contributed by atoms with Gasteiger partial charge >= 0.3 is 0 Å². The van der Waals surface area contributed by atoms with Crippen molar-refractivity contribution < 1.29 is 0 Å². The largest absolute Gasteiger partial charge is 0.368 e. The van der Waals surface area contributed by atoms with E-state index in [4.69, 9.17) is 0 Å². The van der Waals surface area contributed by atoms with Crippen LogP contribution < -0.4 is 10.6 Å². The van der Waals surface area contributed by atoms with E-state index in [1.807, 2.05) is 19.4 Å². The Bertz CT molecular complexity index is 147. The third-order valence-electron chi connectivity index (χ3n) is 1.68. The lowest BCUT2D eigenvalue weighted by Gasteiger charge is -2.23. The van der Waals surface area contributed by atoms with Gasteiger partial charge in [0.25, 0.3) is 0 Å². The van der Waals surface area contributed by atoms with Crippen LogP contribution in [0.25, 0.3) is 0 Å². The molecule has 1 heterocycles. The average Bonchev–Trinajstić information content (AvgIpc) is 1.89. The van der Waals surface area contributed by atoms with Crippen molar-refractivity contribution in [3.05, 3.63) is 24.6 Å². The minimum absolute atomic E-state index is 0.194. The number of hydrogen-bond acceptors (Lipinski definition) is 2. The van der Waals surface area contributed by atoms with Crippen LogP contribution in [-0.2, 0) is 0 Å². The Morgan fingerprint density at radius 2 is 2.00 bits per heavy atom. The van der Waals surface area contributed by atoms with E-state index >= 15 is 0 Å². The van der Waals surface area contributed by atoms with E-state index in [1.165, 1.54) is 0 Å². The maximum Gasteiger partial charge on any atom is 0.0192 e. The molecular formula is C8H14N2. The number of dihydropyridines is 1. The molecule has 1 rings (SSSR count). The zero-order chi connectivity index (χ0) is 7.45. The molecule has 0 radical (unpaired) electrons. The SMILES string of the molecule is CNCC1(C)C=CNC=C1. The summed E-state index contributed by atoms with van der Waals surface area (Å²) in [7, 11) is 1.97. The molecule has 56 valence electrons. The lowest BCUT2D eigenvalue weighted by Crippen LogP contribution is -2.28. The van der Waals surface area contributed by atoms with Crippen molar-refractivity contribution in [2.24, 2.45) is 5.41 Å². The van der Waals surface area contributed by atoms with E-state index in [2.05, 4.69) is 29.7 Å². The predicted molar refractivity (Wildman–Crippen MR) is 43.4 cm³/mol. The van der Waals surface area contributed by atoms with Crippen molar-refractivity contribution in [3.63, 3.8) is 0 Å². The minimum Gasteiger partial charge on any atom is -0.368 e. The highest BCUT2D eigenvalue weighted by Gasteiger charge is 2.16. The molecule has 2 N–H and O–H groups in total. The summed E-state index contributed by atoms with van der Waals surface area (Å²) in [6, 6.07) is 0. The van der Waals surface area contributed by atoms with Crippen LogP contribution in [0.15, 0.2) is 24.6 Å². The van der Waals surface area contributed by atoms with E-state index in [-0.39, 0.29) is 5.41 Å². The van der Waals surface area contributed by atoms with E-state index in [1.54, 1.807) is 0 Å². The van der Waals surface area contributed by atoms with Gasteiger partial charge in [-0.25, -0.2) is 0 Å². The summed E-state index contributed by atoms with van der Waals surface area (Å²) in [5, 5.41) is 6.16. The highest BCUT2D eigenvalue weighted by atomic mass is 14.8. The van der Waals surface area contributed by atoms with Crippen LogP contribution in [0.1, 0.15) is 6.92 Å². The molecule has 0 unspecified atom stereocenters. The maximum absolute atomic E-state index is 3.15. The van der Waals surface area contributed by atoms with Crippen LogP contribution in [0, 0.1) is 5.41 Å². The Balaban J connectivity index is 2.56. The Morgan fingerprint density at radius 3 is 2.50 bits per heavy atom. The normalized spacial score (nSPS) is 20.6. The summed E-state index contributed by atoms with van der Waals surface area (Å²) in [5.41, 5.74) is 0.194. The molecule has 0 saturated heterocycles. The molecular weight excluding hydrogens is 124 g/mol. The maximum atomic E-state index is 3.15. The lowest BCUT2D eigenvalue weighted by molar-refractivity contribution is 0.505. The summed E-state index contributed by atoms with van der Waals surface area (Å²) in [4.78, 5) is 0. The third kappa shape index (κ3) is 1.61. The van der Waals surface area contributed by atoms with Gasteiger partial charge in [0.1, 0.15) is 0 Å². The molecule has 0 bridgehead atoms. The quantitative estimate of drug-likeness (QED) is 0.591. The monoisotopic (exact) mass is 138 g/mol. The summed E-state index contributed by atoms with van der Waals surface area (Å²) < 4.78 is 0. The Morgan fingerprint density at radius 1 is 1.40 bits per heavy atom. The van der Waals surface area contributed by atoms with Crippen molar-refractivity contribution in [1.29, 1.82) is 0 Å². The van der Waals surface area contributed by atoms with Gasteiger partial charge in [-0.1, -0.05) is 19.1 Å². The van der Waals surface area contributed by atoms with Crippen molar-refractivity contribution in [3.8, 4) is 0 Å². The van der Waals surface area contributed by atoms with Gasteiger partial charge in [0, 0.05) is 12.0 Å². The topological polar surface area (TPSA) is 24.1 Å². The van der Waals surface area contributed by atoms with E-state index in [0.717, 1.165) is 6.54 Å². The molecule has 0 amide bonds. The van der Waals surface area contributed by atoms with Crippen LogP contribution in [-0.4, -0.2) is 13.6 Å². The highest BCUT2D eigenvalue weighted by Crippen LogP contribution is 2.20. The lowest BCUT2D eigenvalue weighted by atomic mass is 9.89. The Hall–Kier alpha value is -0.760. The fourth-order valence-corrected chi connectivity index (χ4v) is 1.09. The summed E-state index contributed by atoms with van der Waals surface area (Å²) in [6.07, 6.45) is 8.25. The molecule has 0 aliphatic carbocycles. The predicted octanol–water partition coefficient (Wildman–Crippen LogP) is 0.843. The van der Waals surface area contributed by atoms with Gasteiger partial charge in [-0.2, -0.15) is 0 Å². The number of hydrogen-bond donors (Lipinski definition) is 2. The first-order valence-corrected chi connectivity index (χ1v) is 3.53. The molecule has 1 aliphatic heterocycles. The molecule has 1 aliphatic rings. The molecule has 2 heteroatoms. The van der Waals surface area contributed by atoms with Crippen LogP contribution in [0.4, 0.5) is 0 Å². The minimum atomic E-state index is 0.194. The molecule has 0 fully saturated rings. The van der Waals surface area contributed by atoms with Gasteiger partial charge < -0.3 is 10.6 Å². The van der Waals surface area contributed by atoms with Crippen LogP contribution in [0.2, 0.25) is 0 Å². The Labute approximate surface area is 62.0 Å². The van der Waals surface area contributed by atoms with Gasteiger partial charge in [-0.3, -0.25) is 0 Å². The van der Waals surface area contributed by atoms with Crippen LogP contribution >= 0.6 is 0 Å². The van der Waals surface area contributed by atoms with E-state index < -0.39 is 0 Å². The molecule has 2 nitrogen and oxygen atoms in total. The second-order valence-electron chi connectivity index (χ2n) is 2.87. The second-order valence-corrected chi connectivity index (χ2v) is 2.87. The zero-order valence-corrected chi connectivity index (χ0v) is 6.52. The smallest absolute Gasteiger partial charge is 0.0192 e. The summed E-state index contributed by atoms with van der Waals surface area (Å²) >= 11 is 0. The van der Waals surface area contributed by atoms with Gasteiger partial charge in [-0.15, -0.1) is 0 Å². The standard InChI is InChI=1S/C8H14N2/c1-8(7-9-2)3-5-10-6-4-8/h3-6,9-10H,7H2,1-2H3. The van der Waals surface area contributed by atoms with Crippen molar-refractivity contribution in [1.82, 2.24) is 10.6 Å². The fraction of sp³-hybridized carbons (Fsp3) is 0.500. The number of nitrogens with one attached hydrogen (secondary N) is 2. The molecule has 0 spiro atoms. The molecule has 0 aromatic rings. The van der Waals surface area contributed by atoms with Crippen LogP contribution in [0.3, 0.4) is 0 Å². The first-order valence-electron chi connectivity index (χ1n) is 3.53. The van der Waals surface area contributed by atoms with Crippen molar-refractivity contribution >= 4 is 0 Å². The fourth-order valence-electron chi connectivity index (χ4n) is 1.09. The first-order chi connectivity index (χ1) is 4.77. The van der Waals surface area contributed by atoms with Gasteiger partial charge in [-0.05, 0) is 19.4 Å². The van der Waals surface area contributed by atoms with Gasteiger partial charge in [0.15, 0.2) is 0 Å². The average molecular weight is 138 g/mol. The Kier molecular flexibility index (Phi) is 2.12. The number of rotatable bonds is 2. The summed E-state index contributed by atoms with van der Waals surface area (Å²) in [5.74, 6) is 0. The second kappa shape index (κ2) is 2.88. The molecule has 0 aromatic carbocycles. The molecule has 0 aromatic heterocycles. The van der Waals surface area contributed by atoms with Crippen LogP contribution in [0.5, 0.6) is 0 Å². The highest BCUT2D eigenvalue weighted by molar-refractivity contribution is 5.14. The van der Waals surface area contributed by atoms with Crippen molar-refractivity contribution in [2.75, 3.05) is 13.6 Å². The summed E-state index contributed by atoms with van der Waals surface area (Å²) in [6.45, 7) is 3.18. The third-order valence-corrected chi connectivity index (χ3v) is 1.68.